The van der Waals surface area contributed by atoms with Gasteiger partial charge in [-0.25, -0.2) is 4.79 Å². The molecule has 0 atom stereocenters. The standard InChI is InChI=1S/C13H9Cl2NO2/c14-10-6-5-8(7-11(10)15)16-12-4-2-1-3-9(12)13(17)18/h1-7,16H,(H,17,18). The molecule has 3 nitrogen and oxygen atoms in total. The van der Waals surface area contributed by atoms with E-state index < -0.39 is 5.97 Å². The first kappa shape index (κ1) is 12.7. The van der Waals surface area contributed by atoms with Crippen LogP contribution in [0.25, 0.3) is 0 Å². The number of carboxylic acids is 1. The van der Waals surface area contributed by atoms with E-state index in [0.717, 1.165) is 0 Å². The molecule has 2 aromatic rings. The molecule has 2 rings (SSSR count). The summed E-state index contributed by atoms with van der Waals surface area (Å²) in [5.74, 6) is -0.988. The summed E-state index contributed by atoms with van der Waals surface area (Å²) < 4.78 is 0. The number of carboxylic acid groups (broad SMARTS) is 1. The van der Waals surface area contributed by atoms with Gasteiger partial charge in [0.15, 0.2) is 0 Å². The fourth-order valence-corrected chi connectivity index (χ4v) is 1.81. The van der Waals surface area contributed by atoms with Gasteiger partial charge in [0.2, 0.25) is 0 Å². The molecule has 5 heteroatoms. The first-order chi connectivity index (χ1) is 8.58. The Morgan fingerprint density at radius 1 is 1.06 bits per heavy atom. The number of nitrogens with one attached hydrogen (secondary N) is 1. The molecule has 0 heterocycles. The molecule has 18 heavy (non-hydrogen) atoms. The number of benzene rings is 2. The van der Waals surface area contributed by atoms with Gasteiger partial charge in [-0.05, 0) is 30.3 Å². The maximum Gasteiger partial charge on any atom is 0.337 e. The van der Waals surface area contributed by atoms with Crippen LogP contribution in [0.4, 0.5) is 11.4 Å². The van der Waals surface area contributed by atoms with Crippen molar-refractivity contribution in [1.29, 1.82) is 0 Å². The lowest BCUT2D eigenvalue weighted by molar-refractivity contribution is 0.0698. The number of rotatable bonds is 3. The van der Waals surface area contributed by atoms with Crippen LogP contribution in [0.15, 0.2) is 42.5 Å². The Morgan fingerprint density at radius 3 is 2.44 bits per heavy atom. The van der Waals surface area contributed by atoms with E-state index in [9.17, 15) is 4.79 Å². The van der Waals surface area contributed by atoms with Crippen LogP contribution < -0.4 is 5.32 Å². The van der Waals surface area contributed by atoms with Crippen molar-refractivity contribution in [3.8, 4) is 0 Å². The number of carbonyl (C=O) groups is 1. The van der Waals surface area contributed by atoms with E-state index in [-0.39, 0.29) is 5.56 Å². The van der Waals surface area contributed by atoms with Crippen LogP contribution in [-0.4, -0.2) is 11.1 Å². The molecule has 0 radical (unpaired) electrons. The maximum absolute atomic E-state index is 11.0. The van der Waals surface area contributed by atoms with Crippen molar-refractivity contribution < 1.29 is 9.90 Å². The van der Waals surface area contributed by atoms with E-state index in [1.165, 1.54) is 6.07 Å². The Morgan fingerprint density at radius 2 is 1.78 bits per heavy atom. The number of halogens is 2. The lowest BCUT2D eigenvalue weighted by Crippen LogP contribution is -2.02. The first-order valence-electron chi connectivity index (χ1n) is 5.12. The molecule has 0 aromatic heterocycles. The summed E-state index contributed by atoms with van der Waals surface area (Å²) in [5, 5.41) is 12.9. The highest BCUT2D eigenvalue weighted by Crippen LogP contribution is 2.28. The predicted octanol–water partition coefficient (Wildman–Crippen LogP) is 4.44. The minimum Gasteiger partial charge on any atom is -0.478 e. The zero-order chi connectivity index (χ0) is 13.1. The Hall–Kier alpha value is -1.71. The minimum absolute atomic E-state index is 0.198. The summed E-state index contributed by atoms with van der Waals surface area (Å²) in [6.07, 6.45) is 0. The lowest BCUT2D eigenvalue weighted by atomic mass is 10.1. The molecule has 0 bridgehead atoms. The molecule has 2 aromatic carbocycles. The molecule has 0 aliphatic rings. The van der Waals surface area contributed by atoms with Crippen molar-refractivity contribution in [1.82, 2.24) is 0 Å². The fourth-order valence-electron chi connectivity index (χ4n) is 1.51. The van der Waals surface area contributed by atoms with Gasteiger partial charge in [-0.15, -0.1) is 0 Å². The average molecular weight is 282 g/mol. The van der Waals surface area contributed by atoms with Gasteiger partial charge in [-0.1, -0.05) is 35.3 Å². The third-order valence-electron chi connectivity index (χ3n) is 2.36. The molecule has 0 unspecified atom stereocenters. The van der Waals surface area contributed by atoms with Gasteiger partial charge in [-0.3, -0.25) is 0 Å². The second-order valence-electron chi connectivity index (χ2n) is 3.60. The lowest BCUT2D eigenvalue weighted by Gasteiger charge is -2.10. The van der Waals surface area contributed by atoms with Crippen LogP contribution in [0.2, 0.25) is 10.0 Å². The van der Waals surface area contributed by atoms with Crippen molar-refractivity contribution >= 4 is 40.5 Å². The van der Waals surface area contributed by atoms with Crippen molar-refractivity contribution in [3.05, 3.63) is 58.1 Å². The van der Waals surface area contributed by atoms with Gasteiger partial charge in [-0.2, -0.15) is 0 Å². The highest BCUT2D eigenvalue weighted by Gasteiger charge is 2.09. The predicted molar refractivity (Wildman–Crippen MR) is 73.1 cm³/mol. The van der Waals surface area contributed by atoms with Gasteiger partial charge >= 0.3 is 5.97 Å². The summed E-state index contributed by atoms with van der Waals surface area (Å²) in [5.41, 5.74) is 1.38. The second-order valence-corrected chi connectivity index (χ2v) is 4.42. The Kier molecular flexibility index (Phi) is 3.75. The summed E-state index contributed by atoms with van der Waals surface area (Å²) >= 11 is 11.7. The van der Waals surface area contributed by atoms with E-state index in [2.05, 4.69) is 5.32 Å². The molecule has 0 fully saturated rings. The molecule has 92 valence electrons. The van der Waals surface area contributed by atoms with Gasteiger partial charge in [0.05, 0.1) is 21.3 Å². The molecule has 0 aliphatic heterocycles. The Balaban J connectivity index is 2.34. The summed E-state index contributed by atoms with van der Waals surface area (Å²) in [6.45, 7) is 0. The van der Waals surface area contributed by atoms with E-state index in [1.54, 1.807) is 36.4 Å². The second kappa shape index (κ2) is 5.29. The summed E-state index contributed by atoms with van der Waals surface area (Å²) in [6, 6.07) is 11.7. The molecule has 0 spiro atoms. The third kappa shape index (κ3) is 2.75. The van der Waals surface area contributed by atoms with E-state index >= 15 is 0 Å². The van der Waals surface area contributed by atoms with Crippen molar-refractivity contribution in [2.24, 2.45) is 0 Å². The largest absolute Gasteiger partial charge is 0.478 e. The topological polar surface area (TPSA) is 49.3 Å². The van der Waals surface area contributed by atoms with Crippen LogP contribution in [0, 0.1) is 0 Å². The number of anilines is 2. The fraction of sp³-hybridized carbons (Fsp3) is 0. The van der Waals surface area contributed by atoms with Gasteiger partial charge in [0.1, 0.15) is 0 Å². The van der Waals surface area contributed by atoms with Crippen molar-refractivity contribution in [2.45, 2.75) is 0 Å². The smallest absolute Gasteiger partial charge is 0.337 e. The summed E-state index contributed by atoms with van der Waals surface area (Å²) in [7, 11) is 0. The van der Waals surface area contributed by atoms with Crippen LogP contribution in [-0.2, 0) is 0 Å². The Bertz CT molecular complexity index is 599. The monoisotopic (exact) mass is 281 g/mol. The molecule has 0 amide bonds. The SMILES string of the molecule is O=C(O)c1ccccc1Nc1ccc(Cl)c(Cl)c1. The normalized spacial score (nSPS) is 10.1. The Labute approximate surface area is 114 Å². The van der Waals surface area contributed by atoms with Crippen LogP contribution in [0.1, 0.15) is 10.4 Å². The number of hydrogen-bond donors (Lipinski definition) is 2. The van der Waals surface area contributed by atoms with E-state index in [1.807, 2.05) is 0 Å². The molecule has 0 aliphatic carbocycles. The molecular weight excluding hydrogens is 273 g/mol. The highest BCUT2D eigenvalue weighted by atomic mass is 35.5. The zero-order valence-corrected chi connectivity index (χ0v) is 10.7. The van der Waals surface area contributed by atoms with Gasteiger partial charge in [0, 0.05) is 5.69 Å². The van der Waals surface area contributed by atoms with Gasteiger partial charge < -0.3 is 10.4 Å². The molecule has 2 N–H and O–H groups in total. The molecular formula is C13H9Cl2NO2. The summed E-state index contributed by atoms with van der Waals surface area (Å²) in [4.78, 5) is 11.0. The van der Waals surface area contributed by atoms with Crippen LogP contribution in [0.5, 0.6) is 0 Å². The third-order valence-corrected chi connectivity index (χ3v) is 3.10. The first-order valence-corrected chi connectivity index (χ1v) is 5.88. The van der Waals surface area contributed by atoms with E-state index in [4.69, 9.17) is 28.3 Å². The van der Waals surface area contributed by atoms with E-state index in [0.29, 0.717) is 21.4 Å². The molecule has 0 saturated heterocycles. The van der Waals surface area contributed by atoms with Crippen LogP contribution in [0.3, 0.4) is 0 Å². The number of hydrogen-bond acceptors (Lipinski definition) is 2. The van der Waals surface area contributed by atoms with Crippen molar-refractivity contribution in [3.63, 3.8) is 0 Å². The molecule has 0 saturated carbocycles. The average Bonchev–Trinajstić information content (AvgIpc) is 2.34. The zero-order valence-electron chi connectivity index (χ0n) is 9.15. The van der Waals surface area contributed by atoms with Crippen LogP contribution >= 0.6 is 23.2 Å². The quantitative estimate of drug-likeness (QED) is 0.875. The highest BCUT2D eigenvalue weighted by molar-refractivity contribution is 6.42. The minimum atomic E-state index is -0.988. The van der Waals surface area contributed by atoms with Crippen molar-refractivity contribution in [2.75, 3.05) is 5.32 Å². The number of aromatic carboxylic acids is 1. The number of para-hydroxylation sites is 1. The van der Waals surface area contributed by atoms with Gasteiger partial charge in [0.25, 0.3) is 0 Å². The maximum atomic E-state index is 11.0.